The number of aryl methyl sites for hydroxylation is 2. The molecule has 2 heterocycles. The second kappa shape index (κ2) is 9.32. The minimum atomic E-state index is 0.656. The minimum Gasteiger partial charge on any atom is -0.444 e. The maximum atomic E-state index is 5.60. The van der Waals surface area contributed by atoms with Gasteiger partial charge in [0, 0.05) is 36.7 Å². The summed E-state index contributed by atoms with van der Waals surface area (Å²) in [4.78, 5) is 14.5. The molecule has 1 aromatic carbocycles. The van der Waals surface area contributed by atoms with Crippen LogP contribution in [0.4, 0.5) is 0 Å². The first-order valence-electron chi connectivity index (χ1n) is 9.07. The number of aromatic nitrogens is 2. The molecule has 142 valence electrons. The molecular formula is C20H25N5OS. The molecule has 27 heavy (non-hydrogen) atoms. The van der Waals surface area contributed by atoms with Gasteiger partial charge in [0.2, 0.25) is 5.89 Å². The quantitative estimate of drug-likeness (QED) is 0.482. The molecule has 0 amide bonds. The third kappa shape index (κ3) is 5.40. The van der Waals surface area contributed by atoms with E-state index in [0.717, 1.165) is 41.6 Å². The van der Waals surface area contributed by atoms with Crippen LogP contribution in [0.5, 0.6) is 0 Å². The van der Waals surface area contributed by atoms with Crippen molar-refractivity contribution in [2.24, 2.45) is 4.99 Å². The van der Waals surface area contributed by atoms with E-state index in [-0.39, 0.29) is 0 Å². The first kappa shape index (κ1) is 19.1. The monoisotopic (exact) mass is 383 g/mol. The van der Waals surface area contributed by atoms with Crippen molar-refractivity contribution >= 4 is 17.3 Å². The number of hydrogen-bond donors (Lipinski definition) is 2. The lowest BCUT2D eigenvalue weighted by atomic mass is 10.1. The molecule has 0 aliphatic heterocycles. The lowest BCUT2D eigenvalue weighted by Crippen LogP contribution is -2.37. The third-order valence-corrected chi connectivity index (χ3v) is 5.25. The van der Waals surface area contributed by atoms with Gasteiger partial charge in [-0.25, -0.2) is 9.97 Å². The number of nitrogens with one attached hydrogen (secondary N) is 2. The summed E-state index contributed by atoms with van der Waals surface area (Å²) in [7, 11) is 1.76. The minimum absolute atomic E-state index is 0.656. The van der Waals surface area contributed by atoms with Crippen molar-refractivity contribution < 1.29 is 4.42 Å². The van der Waals surface area contributed by atoms with Crippen LogP contribution >= 0.6 is 11.3 Å². The van der Waals surface area contributed by atoms with Gasteiger partial charge in [0.1, 0.15) is 11.3 Å². The molecule has 0 saturated carbocycles. The summed E-state index contributed by atoms with van der Waals surface area (Å²) >= 11 is 1.73. The molecule has 0 fully saturated rings. The second-order valence-electron chi connectivity index (χ2n) is 6.19. The summed E-state index contributed by atoms with van der Waals surface area (Å²) in [6.07, 6.45) is 5.43. The fraction of sp³-hybridized carbons (Fsp3) is 0.350. The van der Waals surface area contributed by atoms with Crippen LogP contribution < -0.4 is 10.6 Å². The number of aliphatic imine (C=N–C) groups is 1. The summed E-state index contributed by atoms with van der Waals surface area (Å²) in [5.74, 6) is 1.41. The molecular weight excluding hydrogens is 358 g/mol. The molecule has 0 saturated heterocycles. The highest BCUT2D eigenvalue weighted by atomic mass is 32.1. The lowest BCUT2D eigenvalue weighted by Gasteiger charge is -2.09. The van der Waals surface area contributed by atoms with Crippen molar-refractivity contribution in [2.45, 2.75) is 33.2 Å². The zero-order valence-electron chi connectivity index (χ0n) is 16.0. The topological polar surface area (TPSA) is 75.3 Å². The van der Waals surface area contributed by atoms with Gasteiger partial charge in [0.25, 0.3) is 0 Å². The zero-order valence-corrected chi connectivity index (χ0v) is 16.8. The predicted octanol–water partition coefficient (Wildman–Crippen LogP) is 3.58. The Balaban J connectivity index is 1.46. The zero-order chi connectivity index (χ0) is 19.1. The number of oxazole rings is 1. The normalized spacial score (nSPS) is 11.6. The molecule has 0 unspecified atom stereocenters. The van der Waals surface area contributed by atoms with Crippen molar-refractivity contribution in [1.29, 1.82) is 0 Å². The summed E-state index contributed by atoms with van der Waals surface area (Å²) in [6.45, 7) is 5.59. The van der Waals surface area contributed by atoms with Gasteiger partial charge in [0.05, 0.1) is 12.2 Å². The van der Waals surface area contributed by atoms with Crippen LogP contribution in [-0.4, -0.2) is 29.5 Å². The molecule has 0 aliphatic carbocycles. The summed E-state index contributed by atoms with van der Waals surface area (Å²) in [5.41, 5.74) is 3.13. The summed E-state index contributed by atoms with van der Waals surface area (Å²) in [6, 6.07) is 8.17. The van der Waals surface area contributed by atoms with Crippen LogP contribution in [0, 0.1) is 6.92 Å². The Kier molecular flexibility index (Phi) is 6.59. The molecule has 3 rings (SSSR count). The molecule has 0 atom stereocenters. The van der Waals surface area contributed by atoms with E-state index in [0.29, 0.717) is 12.4 Å². The van der Waals surface area contributed by atoms with Crippen LogP contribution in [0.3, 0.4) is 0 Å². The molecule has 3 aromatic rings. The van der Waals surface area contributed by atoms with E-state index >= 15 is 0 Å². The molecule has 6 nitrogen and oxygen atoms in total. The van der Waals surface area contributed by atoms with Crippen molar-refractivity contribution in [3.8, 4) is 11.5 Å². The fourth-order valence-electron chi connectivity index (χ4n) is 2.53. The van der Waals surface area contributed by atoms with Gasteiger partial charge in [-0.3, -0.25) is 4.99 Å². The van der Waals surface area contributed by atoms with E-state index in [1.807, 2.05) is 18.3 Å². The third-order valence-electron chi connectivity index (χ3n) is 4.10. The molecule has 0 bridgehead atoms. The standard InChI is InChI=1S/C20H25N5OS/c1-4-17-11-23-18(27-17)12-24-20(21-3)22-10-9-16-13-26-19(25-16)15-7-5-14(2)6-8-15/h5-8,11,13H,4,9-10,12H2,1-3H3,(H2,21,22,24). The molecule has 0 spiro atoms. The van der Waals surface area contributed by atoms with Gasteiger partial charge < -0.3 is 15.1 Å². The highest BCUT2D eigenvalue weighted by molar-refractivity contribution is 7.11. The van der Waals surface area contributed by atoms with Gasteiger partial charge in [0.15, 0.2) is 5.96 Å². The van der Waals surface area contributed by atoms with Crippen molar-refractivity contribution in [1.82, 2.24) is 20.6 Å². The van der Waals surface area contributed by atoms with Gasteiger partial charge >= 0.3 is 0 Å². The van der Waals surface area contributed by atoms with Crippen molar-refractivity contribution in [3.05, 3.63) is 57.9 Å². The highest BCUT2D eigenvalue weighted by Crippen LogP contribution is 2.19. The SMILES string of the molecule is CCc1cnc(CNC(=NC)NCCc2coc(-c3ccc(C)cc3)n2)s1. The Labute approximate surface area is 163 Å². The van der Waals surface area contributed by atoms with Gasteiger partial charge in [-0.2, -0.15) is 0 Å². The number of nitrogens with zero attached hydrogens (tertiary/aromatic N) is 3. The molecule has 7 heteroatoms. The molecule has 0 radical (unpaired) electrons. The average molecular weight is 384 g/mol. The van der Waals surface area contributed by atoms with Crippen LogP contribution in [0.25, 0.3) is 11.5 Å². The average Bonchev–Trinajstić information content (AvgIpc) is 3.34. The Morgan fingerprint density at radius 2 is 2.04 bits per heavy atom. The van der Waals surface area contributed by atoms with Crippen LogP contribution in [-0.2, 0) is 19.4 Å². The van der Waals surface area contributed by atoms with Gasteiger partial charge in [-0.1, -0.05) is 24.6 Å². The summed E-state index contributed by atoms with van der Waals surface area (Å²) < 4.78 is 5.60. The van der Waals surface area contributed by atoms with E-state index < -0.39 is 0 Å². The number of hydrogen-bond acceptors (Lipinski definition) is 5. The van der Waals surface area contributed by atoms with E-state index in [1.54, 1.807) is 24.6 Å². The number of rotatable bonds is 7. The van der Waals surface area contributed by atoms with Crippen LogP contribution in [0.2, 0.25) is 0 Å². The van der Waals surface area contributed by atoms with E-state index in [4.69, 9.17) is 4.42 Å². The lowest BCUT2D eigenvalue weighted by molar-refractivity contribution is 0.572. The summed E-state index contributed by atoms with van der Waals surface area (Å²) in [5, 5.41) is 7.65. The smallest absolute Gasteiger partial charge is 0.226 e. The Morgan fingerprint density at radius 1 is 1.22 bits per heavy atom. The Morgan fingerprint density at radius 3 is 2.74 bits per heavy atom. The highest BCUT2D eigenvalue weighted by Gasteiger charge is 2.07. The number of guanidine groups is 1. The second-order valence-corrected chi connectivity index (χ2v) is 7.39. The van der Waals surface area contributed by atoms with Gasteiger partial charge in [-0.15, -0.1) is 11.3 Å². The van der Waals surface area contributed by atoms with Crippen molar-refractivity contribution in [2.75, 3.05) is 13.6 Å². The maximum Gasteiger partial charge on any atom is 0.226 e. The van der Waals surface area contributed by atoms with E-state index in [1.165, 1.54) is 10.4 Å². The molecule has 2 N–H and O–H groups in total. The number of benzene rings is 1. The van der Waals surface area contributed by atoms with Gasteiger partial charge in [-0.05, 0) is 25.5 Å². The van der Waals surface area contributed by atoms with E-state index in [2.05, 4.69) is 51.6 Å². The van der Waals surface area contributed by atoms with E-state index in [9.17, 15) is 0 Å². The fourth-order valence-corrected chi connectivity index (χ4v) is 3.33. The first-order chi connectivity index (χ1) is 13.2. The maximum absolute atomic E-state index is 5.60. The Bertz CT molecular complexity index is 882. The first-order valence-corrected chi connectivity index (χ1v) is 9.89. The molecule has 0 aliphatic rings. The van der Waals surface area contributed by atoms with Crippen LogP contribution in [0.1, 0.15) is 28.1 Å². The van der Waals surface area contributed by atoms with Crippen LogP contribution in [0.15, 0.2) is 46.1 Å². The molecule has 2 aromatic heterocycles. The predicted molar refractivity (Wildman–Crippen MR) is 110 cm³/mol. The Hall–Kier alpha value is -2.67. The largest absolute Gasteiger partial charge is 0.444 e. The number of thiazole rings is 1. The van der Waals surface area contributed by atoms with Crippen molar-refractivity contribution in [3.63, 3.8) is 0 Å².